The molecule has 0 amide bonds. The molecule has 20 heavy (non-hydrogen) atoms. The summed E-state index contributed by atoms with van der Waals surface area (Å²) < 4.78 is 5.53. The minimum absolute atomic E-state index is 0.427. The average molecular weight is 270 g/mol. The topological polar surface area (TPSA) is 33.4 Å². The number of aryl methyl sites for hydroxylation is 3. The first-order valence-electron chi connectivity index (χ1n) is 7.48. The van der Waals surface area contributed by atoms with Gasteiger partial charge in [-0.15, -0.1) is 0 Å². The standard InChI is InChI=1S/C18H22O2/c1-12-10-17(13(2)20-12)18(19)11-15-8-5-7-14-6-3-4-9-16(14)15/h3-4,6,9-10,15,18-19H,5,7-8,11H2,1-2H3. The zero-order chi connectivity index (χ0) is 14.1. The molecule has 1 N–H and O–H groups in total. The maximum atomic E-state index is 10.5. The van der Waals surface area contributed by atoms with Crippen LogP contribution in [0.2, 0.25) is 0 Å². The molecule has 0 fully saturated rings. The summed E-state index contributed by atoms with van der Waals surface area (Å²) in [5.74, 6) is 2.18. The SMILES string of the molecule is Cc1cc(C(O)CC2CCCc3ccccc32)c(C)o1. The molecule has 2 aromatic rings. The van der Waals surface area contributed by atoms with Gasteiger partial charge in [0.1, 0.15) is 11.5 Å². The summed E-state index contributed by atoms with van der Waals surface area (Å²) in [6.45, 7) is 3.86. The monoisotopic (exact) mass is 270 g/mol. The van der Waals surface area contributed by atoms with Crippen molar-refractivity contribution in [1.29, 1.82) is 0 Å². The van der Waals surface area contributed by atoms with Gasteiger partial charge in [-0.25, -0.2) is 0 Å². The Balaban J connectivity index is 1.80. The van der Waals surface area contributed by atoms with Gasteiger partial charge in [0.2, 0.25) is 0 Å². The molecule has 1 aromatic heterocycles. The Hall–Kier alpha value is -1.54. The van der Waals surface area contributed by atoms with E-state index in [1.54, 1.807) is 0 Å². The Labute approximate surface area is 120 Å². The number of hydrogen-bond donors (Lipinski definition) is 1. The quantitative estimate of drug-likeness (QED) is 0.894. The number of hydrogen-bond acceptors (Lipinski definition) is 2. The fraction of sp³-hybridized carbons (Fsp3) is 0.444. The zero-order valence-corrected chi connectivity index (χ0v) is 12.2. The highest BCUT2D eigenvalue weighted by molar-refractivity contribution is 5.33. The molecule has 1 heterocycles. The molecule has 106 valence electrons. The van der Waals surface area contributed by atoms with E-state index >= 15 is 0 Å². The lowest BCUT2D eigenvalue weighted by atomic mass is 9.79. The van der Waals surface area contributed by atoms with E-state index in [1.807, 2.05) is 19.9 Å². The number of aliphatic hydroxyl groups excluding tert-OH is 1. The number of benzene rings is 1. The lowest BCUT2D eigenvalue weighted by Gasteiger charge is -2.27. The van der Waals surface area contributed by atoms with Gasteiger partial charge in [-0.3, -0.25) is 0 Å². The predicted molar refractivity (Wildman–Crippen MR) is 79.9 cm³/mol. The lowest BCUT2D eigenvalue weighted by molar-refractivity contribution is 0.152. The third-order valence-corrected chi connectivity index (χ3v) is 4.44. The van der Waals surface area contributed by atoms with Crippen LogP contribution in [-0.2, 0) is 6.42 Å². The molecule has 3 rings (SSSR count). The molecule has 0 saturated heterocycles. The summed E-state index contributed by atoms with van der Waals surface area (Å²) in [7, 11) is 0. The first kappa shape index (κ1) is 13.4. The van der Waals surface area contributed by atoms with Crippen molar-refractivity contribution in [3.05, 3.63) is 58.5 Å². The predicted octanol–water partition coefficient (Wildman–Crippen LogP) is 4.44. The van der Waals surface area contributed by atoms with Crippen molar-refractivity contribution in [3.8, 4) is 0 Å². The fourth-order valence-electron chi connectivity index (χ4n) is 3.48. The molecular formula is C18H22O2. The molecule has 2 atom stereocenters. The Kier molecular flexibility index (Phi) is 3.66. The van der Waals surface area contributed by atoms with Crippen molar-refractivity contribution >= 4 is 0 Å². The van der Waals surface area contributed by atoms with E-state index in [-0.39, 0.29) is 0 Å². The Morgan fingerprint density at radius 2 is 2.10 bits per heavy atom. The second-order valence-electron chi connectivity index (χ2n) is 5.91. The van der Waals surface area contributed by atoms with E-state index in [0.717, 1.165) is 23.5 Å². The summed E-state index contributed by atoms with van der Waals surface area (Å²) in [6.07, 6.45) is 3.93. The van der Waals surface area contributed by atoms with E-state index in [0.29, 0.717) is 5.92 Å². The van der Waals surface area contributed by atoms with Crippen molar-refractivity contribution in [2.45, 2.75) is 51.6 Å². The third-order valence-electron chi connectivity index (χ3n) is 4.44. The highest BCUT2D eigenvalue weighted by atomic mass is 16.3. The molecule has 1 aliphatic rings. The van der Waals surface area contributed by atoms with E-state index in [9.17, 15) is 5.11 Å². The Morgan fingerprint density at radius 3 is 2.85 bits per heavy atom. The fourth-order valence-corrected chi connectivity index (χ4v) is 3.48. The lowest BCUT2D eigenvalue weighted by Crippen LogP contribution is -2.13. The molecule has 1 aliphatic carbocycles. The smallest absolute Gasteiger partial charge is 0.106 e. The highest BCUT2D eigenvalue weighted by Crippen LogP contribution is 2.38. The number of rotatable bonds is 3. The van der Waals surface area contributed by atoms with Crippen molar-refractivity contribution < 1.29 is 9.52 Å². The third kappa shape index (κ3) is 2.53. The van der Waals surface area contributed by atoms with Crippen LogP contribution in [0.3, 0.4) is 0 Å². The first-order chi connectivity index (χ1) is 9.65. The van der Waals surface area contributed by atoms with E-state index in [4.69, 9.17) is 4.42 Å². The molecule has 0 spiro atoms. The van der Waals surface area contributed by atoms with Crippen LogP contribution < -0.4 is 0 Å². The van der Waals surface area contributed by atoms with Crippen LogP contribution >= 0.6 is 0 Å². The van der Waals surface area contributed by atoms with Gasteiger partial charge >= 0.3 is 0 Å². The molecule has 0 saturated carbocycles. The molecule has 0 bridgehead atoms. The van der Waals surface area contributed by atoms with Gasteiger partial charge in [0, 0.05) is 5.56 Å². The second-order valence-corrected chi connectivity index (χ2v) is 5.91. The summed E-state index contributed by atoms with van der Waals surface area (Å²) in [6, 6.07) is 10.6. The summed E-state index contributed by atoms with van der Waals surface area (Å²) >= 11 is 0. The zero-order valence-electron chi connectivity index (χ0n) is 12.2. The Bertz CT molecular complexity index is 597. The molecule has 0 aliphatic heterocycles. The van der Waals surface area contributed by atoms with Crippen LogP contribution in [0.4, 0.5) is 0 Å². The van der Waals surface area contributed by atoms with Crippen LogP contribution in [0.25, 0.3) is 0 Å². The maximum absolute atomic E-state index is 10.5. The van der Waals surface area contributed by atoms with E-state index in [2.05, 4.69) is 24.3 Å². The minimum atomic E-state index is -0.427. The van der Waals surface area contributed by atoms with Gasteiger partial charge in [-0.2, -0.15) is 0 Å². The summed E-state index contributed by atoms with van der Waals surface area (Å²) in [5.41, 5.74) is 3.83. The van der Waals surface area contributed by atoms with Crippen LogP contribution in [0.15, 0.2) is 34.7 Å². The van der Waals surface area contributed by atoms with Gasteiger partial charge < -0.3 is 9.52 Å². The second kappa shape index (κ2) is 5.45. The van der Waals surface area contributed by atoms with Gasteiger partial charge in [-0.1, -0.05) is 24.3 Å². The largest absolute Gasteiger partial charge is 0.466 e. The van der Waals surface area contributed by atoms with Crippen molar-refractivity contribution in [1.82, 2.24) is 0 Å². The number of fused-ring (bicyclic) bond motifs is 1. The number of aliphatic hydroxyl groups is 1. The van der Waals surface area contributed by atoms with Crippen molar-refractivity contribution in [2.75, 3.05) is 0 Å². The van der Waals surface area contributed by atoms with Gasteiger partial charge in [0.05, 0.1) is 6.10 Å². The van der Waals surface area contributed by atoms with Crippen LogP contribution in [-0.4, -0.2) is 5.11 Å². The average Bonchev–Trinajstić information content (AvgIpc) is 2.78. The van der Waals surface area contributed by atoms with E-state index in [1.165, 1.54) is 30.4 Å². The van der Waals surface area contributed by atoms with Crippen LogP contribution in [0.1, 0.15) is 59.5 Å². The molecular weight excluding hydrogens is 248 g/mol. The van der Waals surface area contributed by atoms with Gasteiger partial charge in [0.15, 0.2) is 0 Å². The summed E-state index contributed by atoms with van der Waals surface area (Å²) in [5, 5.41) is 10.5. The molecule has 0 radical (unpaired) electrons. The minimum Gasteiger partial charge on any atom is -0.466 e. The first-order valence-corrected chi connectivity index (χ1v) is 7.48. The molecule has 2 nitrogen and oxygen atoms in total. The van der Waals surface area contributed by atoms with Gasteiger partial charge in [0.25, 0.3) is 0 Å². The molecule has 1 aromatic carbocycles. The number of furan rings is 1. The highest BCUT2D eigenvalue weighted by Gasteiger charge is 2.24. The van der Waals surface area contributed by atoms with E-state index < -0.39 is 6.10 Å². The van der Waals surface area contributed by atoms with Crippen LogP contribution in [0, 0.1) is 13.8 Å². The van der Waals surface area contributed by atoms with Crippen LogP contribution in [0.5, 0.6) is 0 Å². The Morgan fingerprint density at radius 1 is 1.30 bits per heavy atom. The summed E-state index contributed by atoms with van der Waals surface area (Å²) in [4.78, 5) is 0. The molecule has 2 unspecified atom stereocenters. The van der Waals surface area contributed by atoms with Crippen molar-refractivity contribution in [3.63, 3.8) is 0 Å². The maximum Gasteiger partial charge on any atom is 0.106 e. The normalized spacial score (nSPS) is 19.6. The van der Waals surface area contributed by atoms with Gasteiger partial charge in [-0.05, 0) is 62.6 Å². The molecule has 2 heteroatoms. The van der Waals surface area contributed by atoms with Crippen molar-refractivity contribution in [2.24, 2.45) is 0 Å².